The fraction of sp³-hybridized carbons (Fsp3) is 0.500. The van der Waals surface area contributed by atoms with Crippen LogP contribution in [0.2, 0.25) is 0 Å². The second kappa shape index (κ2) is 12.0. The molecular weight excluding hydrogens is 544 g/mol. The average Bonchev–Trinajstić information content (AvgIpc) is 3.71. The normalized spacial score (nSPS) is 20.0. The Morgan fingerprint density at radius 2 is 1.91 bits per heavy atom. The maximum absolute atomic E-state index is 13.7. The quantitative estimate of drug-likeness (QED) is 0.357. The number of anilines is 2. The number of fused-ring (bicyclic) bond motifs is 7. The van der Waals surface area contributed by atoms with E-state index in [1.165, 1.54) is 12.8 Å². The third-order valence-corrected chi connectivity index (χ3v) is 8.87. The van der Waals surface area contributed by atoms with Crippen LogP contribution in [0.15, 0.2) is 36.5 Å². The van der Waals surface area contributed by atoms with Crippen LogP contribution < -0.4 is 15.4 Å². The number of pyridine rings is 1. The van der Waals surface area contributed by atoms with Crippen LogP contribution in [-0.2, 0) is 18.3 Å². The summed E-state index contributed by atoms with van der Waals surface area (Å²) in [6.45, 7) is 8.68. The molecule has 226 valence electrons. The molecule has 2 bridgehead atoms. The molecule has 11 nitrogen and oxygen atoms in total. The SMILES string of the molecule is Cc1cc2cc(n1)-c1cnn(C)c1OCCC[C@@H](C1CC1)Cn1c(nc3cc(NCCN4CCOCC4)ccc31)NC2=O. The highest BCUT2D eigenvalue weighted by molar-refractivity contribution is 6.05. The van der Waals surface area contributed by atoms with Gasteiger partial charge in [-0.25, -0.2) is 9.67 Å². The van der Waals surface area contributed by atoms with Crippen LogP contribution in [0.25, 0.3) is 22.3 Å². The topological polar surface area (TPSA) is 111 Å². The molecule has 5 heterocycles. The summed E-state index contributed by atoms with van der Waals surface area (Å²) in [7, 11) is 1.87. The van der Waals surface area contributed by atoms with Gasteiger partial charge in [-0.1, -0.05) is 0 Å². The molecule has 4 aromatic rings. The van der Waals surface area contributed by atoms with E-state index < -0.39 is 0 Å². The van der Waals surface area contributed by atoms with Crippen molar-refractivity contribution in [3.8, 4) is 17.1 Å². The number of rotatable bonds is 5. The van der Waals surface area contributed by atoms with Crippen molar-refractivity contribution in [3.63, 3.8) is 0 Å². The summed E-state index contributed by atoms with van der Waals surface area (Å²) < 4.78 is 15.7. The number of aromatic nitrogens is 5. The minimum absolute atomic E-state index is 0.212. The van der Waals surface area contributed by atoms with Crippen molar-refractivity contribution in [2.45, 2.75) is 39.2 Å². The monoisotopic (exact) mass is 584 g/mol. The molecule has 11 heteroatoms. The number of amides is 1. The van der Waals surface area contributed by atoms with E-state index in [0.717, 1.165) is 86.8 Å². The van der Waals surface area contributed by atoms with Crippen LogP contribution in [0.1, 0.15) is 41.7 Å². The number of carbonyl (C=O) groups is 1. The maximum atomic E-state index is 13.7. The van der Waals surface area contributed by atoms with Crippen molar-refractivity contribution in [1.29, 1.82) is 0 Å². The van der Waals surface area contributed by atoms with Crippen LogP contribution in [0, 0.1) is 18.8 Å². The molecule has 1 aliphatic carbocycles. The van der Waals surface area contributed by atoms with Gasteiger partial charge in [0.1, 0.15) is 0 Å². The molecule has 1 saturated heterocycles. The highest BCUT2D eigenvalue weighted by Crippen LogP contribution is 2.41. The van der Waals surface area contributed by atoms with Gasteiger partial charge in [-0.2, -0.15) is 5.10 Å². The summed E-state index contributed by atoms with van der Waals surface area (Å²) >= 11 is 0. The van der Waals surface area contributed by atoms with Crippen molar-refractivity contribution in [1.82, 2.24) is 29.2 Å². The van der Waals surface area contributed by atoms with Gasteiger partial charge in [0.15, 0.2) is 0 Å². The molecule has 2 N–H and O–H groups in total. The number of imidazole rings is 1. The van der Waals surface area contributed by atoms with E-state index >= 15 is 0 Å². The lowest BCUT2D eigenvalue weighted by Gasteiger charge is -2.26. The molecule has 1 atom stereocenters. The van der Waals surface area contributed by atoms with E-state index in [0.29, 0.717) is 41.5 Å². The summed E-state index contributed by atoms with van der Waals surface area (Å²) in [5.41, 5.74) is 5.66. The molecular formula is C32H40N8O3. The predicted octanol–water partition coefficient (Wildman–Crippen LogP) is 4.34. The summed E-state index contributed by atoms with van der Waals surface area (Å²) in [6, 6.07) is 9.97. The molecule has 2 fully saturated rings. The highest BCUT2D eigenvalue weighted by Gasteiger charge is 2.32. The van der Waals surface area contributed by atoms with E-state index in [9.17, 15) is 4.79 Å². The maximum Gasteiger partial charge on any atom is 0.258 e. The van der Waals surface area contributed by atoms with E-state index in [2.05, 4.69) is 43.4 Å². The molecule has 0 unspecified atom stereocenters. The Bertz CT molecular complexity index is 1620. The summed E-state index contributed by atoms with van der Waals surface area (Å²) in [5, 5.41) is 11.2. The van der Waals surface area contributed by atoms with Crippen LogP contribution in [-0.4, -0.2) is 81.1 Å². The van der Waals surface area contributed by atoms with E-state index in [4.69, 9.17) is 19.4 Å². The summed E-state index contributed by atoms with van der Waals surface area (Å²) in [4.78, 5) is 25.9. The Balaban J connectivity index is 1.21. The minimum Gasteiger partial charge on any atom is -0.477 e. The standard InChI is InChI=1S/C32H40N8O3/c1-21-16-24-17-27(35-21)26-19-34-38(2)31(26)43-13-3-4-23(22-5-6-22)20-40-29-8-7-25(18-28(29)36-32(40)37-30(24)41)33-9-10-39-11-14-42-15-12-39/h7-8,16-19,22-23,33H,3-6,9-15,20H2,1-2H3,(H,36,37,41)/t23-/m1/s1. The van der Waals surface area contributed by atoms with Crippen LogP contribution in [0.3, 0.4) is 0 Å². The van der Waals surface area contributed by atoms with Crippen LogP contribution in [0.4, 0.5) is 11.6 Å². The van der Waals surface area contributed by atoms with Gasteiger partial charge in [0.2, 0.25) is 11.8 Å². The second-order valence-corrected chi connectivity index (χ2v) is 12.0. The lowest BCUT2D eigenvalue weighted by Crippen LogP contribution is -2.38. The van der Waals surface area contributed by atoms with Gasteiger partial charge in [-0.3, -0.25) is 20.0 Å². The molecule has 1 amide bonds. The van der Waals surface area contributed by atoms with Gasteiger partial charge in [0.05, 0.1) is 48.3 Å². The Morgan fingerprint density at radius 1 is 1.05 bits per heavy atom. The third-order valence-electron chi connectivity index (χ3n) is 8.87. The van der Waals surface area contributed by atoms with Crippen molar-refractivity contribution in [2.24, 2.45) is 18.9 Å². The van der Waals surface area contributed by atoms with Gasteiger partial charge < -0.3 is 19.4 Å². The second-order valence-electron chi connectivity index (χ2n) is 12.0. The van der Waals surface area contributed by atoms with Crippen LogP contribution >= 0.6 is 0 Å². The van der Waals surface area contributed by atoms with E-state index in [-0.39, 0.29) is 5.91 Å². The van der Waals surface area contributed by atoms with Crippen LogP contribution in [0.5, 0.6) is 5.88 Å². The average molecular weight is 585 g/mol. The largest absolute Gasteiger partial charge is 0.477 e. The number of nitrogens with zero attached hydrogens (tertiary/aromatic N) is 6. The molecule has 3 aliphatic rings. The zero-order valence-corrected chi connectivity index (χ0v) is 25.0. The molecule has 1 saturated carbocycles. The lowest BCUT2D eigenvalue weighted by molar-refractivity contribution is 0.0398. The first-order chi connectivity index (χ1) is 21.0. The Morgan fingerprint density at radius 3 is 2.74 bits per heavy atom. The number of morpholine rings is 1. The molecule has 0 spiro atoms. The van der Waals surface area contributed by atoms with Gasteiger partial charge >= 0.3 is 0 Å². The number of hydrogen-bond donors (Lipinski definition) is 2. The Kier molecular flexibility index (Phi) is 7.75. The van der Waals surface area contributed by atoms with Gasteiger partial charge in [0, 0.05) is 56.7 Å². The number of carbonyl (C=O) groups excluding carboxylic acids is 1. The van der Waals surface area contributed by atoms with Gasteiger partial charge in [0.25, 0.3) is 5.91 Å². The molecule has 43 heavy (non-hydrogen) atoms. The lowest BCUT2D eigenvalue weighted by atomic mass is 9.97. The number of aryl methyl sites for hydroxylation is 2. The zero-order chi connectivity index (χ0) is 29.3. The zero-order valence-electron chi connectivity index (χ0n) is 25.0. The highest BCUT2D eigenvalue weighted by atomic mass is 16.5. The fourth-order valence-corrected chi connectivity index (χ4v) is 6.38. The van der Waals surface area contributed by atoms with Crippen molar-refractivity contribution >= 4 is 28.6 Å². The smallest absolute Gasteiger partial charge is 0.258 e. The van der Waals surface area contributed by atoms with Crippen molar-refractivity contribution < 1.29 is 14.3 Å². The van der Waals surface area contributed by atoms with E-state index in [1.54, 1.807) is 10.9 Å². The first-order valence-corrected chi connectivity index (χ1v) is 15.5. The first-order valence-electron chi connectivity index (χ1n) is 15.5. The Hall–Kier alpha value is -3.96. The molecule has 7 rings (SSSR count). The van der Waals surface area contributed by atoms with Gasteiger partial charge in [-0.15, -0.1) is 0 Å². The molecule has 1 aromatic carbocycles. The van der Waals surface area contributed by atoms with E-state index in [1.807, 2.05) is 26.1 Å². The van der Waals surface area contributed by atoms with Gasteiger partial charge in [-0.05, 0) is 74.8 Å². The predicted molar refractivity (Wildman–Crippen MR) is 166 cm³/mol. The number of ether oxygens (including phenoxy) is 2. The fourth-order valence-electron chi connectivity index (χ4n) is 6.38. The molecule has 2 aliphatic heterocycles. The summed E-state index contributed by atoms with van der Waals surface area (Å²) in [5.74, 6) is 2.21. The van der Waals surface area contributed by atoms with Crippen molar-refractivity contribution in [2.75, 3.05) is 56.6 Å². The molecule has 3 aromatic heterocycles. The number of benzene rings is 1. The first kappa shape index (κ1) is 27.8. The van der Waals surface area contributed by atoms with Crippen molar-refractivity contribution in [3.05, 3.63) is 47.8 Å². The third kappa shape index (κ3) is 6.09. The minimum atomic E-state index is -0.212. The molecule has 0 radical (unpaired) electrons. The summed E-state index contributed by atoms with van der Waals surface area (Å²) in [6.07, 6.45) is 6.23. The number of nitrogens with one attached hydrogen (secondary N) is 2. The Labute approximate surface area is 251 Å². The number of hydrogen-bond acceptors (Lipinski definition) is 8.